The highest BCUT2D eigenvalue weighted by Gasteiger charge is 2.31. The van der Waals surface area contributed by atoms with Crippen molar-refractivity contribution in [3.05, 3.63) is 59.5 Å². The molecule has 7 nitrogen and oxygen atoms in total. The molecule has 8 heteroatoms. The molecule has 2 aliphatic heterocycles. The van der Waals surface area contributed by atoms with Gasteiger partial charge in [-0.25, -0.2) is 4.39 Å². The van der Waals surface area contributed by atoms with Crippen LogP contribution in [0.25, 0.3) is 21.8 Å². The minimum absolute atomic E-state index is 0.119. The van der Waals surface area contributed by atoms with Gasteiger partial charge in [0.2, 0.25) is 0 Å². The van der Waals surface area contributed by atoms with Crippen molar-refractivity contribution in [1.29, 1.82) is 0 Å². The molecule has 2 N–H and O–H groups in total. The van der Waals surface area contributed by atoms with E-state index in [1.54, 1.807) is 6.07 Å². The van der Waals surface area contributed by atoms with Gasteiger partial charge in [0.25, 0.3) is 5.91 Å². The van der Waals surface area contributed by atoms with Crippen molar-refractivity contribution < 1.29 is 9.18 Å². The lowest BCUT2D eigenvalue weighted by molar-refractivity contribution is 0.0715. The molecule has 0 saturated carbocycles. The van der Waals surface area contributed by atoms with Crippen molar-refractivity contribution in [2.75, 3.05) is 44.2 Å². The molecule has 0 radical (unpaired) electrons. The van der Waals surface area contributed by atoms with E-state index in [1.165, 1.54) is 17.7 Å². The number of benzene rings is 2. The summed E-state index contributed by atoms with van der Waals surface area (Å²) in [5.74, 6) is 0.769. The van der Waals surface area contributed by atoms with Crippen LogP contribution in [0.15, 0.2) is 42.5 Å². The second-order valence-electron chi connectivity index (χ2n) is 9.92. The first-order valence-corrected chi connectivity index (χ1v) is 12.6. The highest BCUT2D eigenvalue weighted by atomic mass is 19.1. The lowest BCUT2D eigenvalue weighted by Crippen LogP contribution is -2.48. The molecule has 2 aromatic heterocycles. The molecule has 2 aliphatic rings. The van der Waals surface area contributed by atoms with Gasteiger partial charge in [0.05, 0.1) is 5.52 Å². The Hall–Kier alpha value is -3.39. The van der Waals surface area contributed by atoms with Gasteiger partial charge in [0.1, 0.15) is 11.5 Å². The SMILES string of the molecule is Cc1ccc2cc(C(=O)N3CCC[C@H]3CCN3CCN(c4n[nH]c5cc(F)ccc45)CC3)[nH]c2c1. The third-order valence-electron chi connectivity index (χ3n) is 7.60. The maximum absolute atomic E-state index is 13.5. The van der Waals surface area contributed by atoms with E-state index in [4.69, 9.17) is 0 Å². The van der Waals surface area contributed by atoms with Gasteiger partial charge in [0.15, 0.2) is 5.82 Å². The molecule has 0 unspecified atom stereocenters. The Balaban J connectivity index is 1.05. The van der Waals surface area contributed by atoms with Crippen LogP contribution in [0.1, 0.15) is 35.3 Å². The van der Waals surface area contributed by atoms with Crippen molar-refractivity contribution in [2.24, 2.45) is 0 Å². The fourth-order valence-corrected chi connectivity index (χ4v) is 5.65. The van der Waals surface area contributed by atoms with Crippen LogP contribution in [0.4, 0.5) is 10.2 Å². The Bertz CT molecular complexity index is 1370. The first-order chi connectivity index (χ1) is 17.0. The molecule has 2 saturated heterocycles. The maximum Gasteiger partial charge on any atom is 0.270 e. The molecule has 1 atom stereocenters. The van der Waals surface area contributed by atoms with E-state index in [0.29, 0.717) is 11.7 Å². The summed E-state index contributed by atoms with van der Waals surface area (Å²) in [7, 11) is 0. The number of rotatable bonds is 5. The van der Waals surface area contributed by atoms with Gasteiger partial charge < -0.3 is 14.8 Å². The van der Waals surface area contributed by atoms with Gasteiger partial charge >= 0.3 is 0 Å². The topological polar surface area (TPSA) is 71.3 Å². The van der Waals surface area contributed by atoms with Crippen LogP contribution in [0.2, 0.25) is 0 Å². The highest BCUT2D eigenvalue weighted by Crippen LogP contribution is 2.27. The summed E-state index contributed by atoms with van der Waals surface area (Å²) in [6, 6.07) is 13.3. The molecule has 35 heavy (non-hydrogen) atoms. The number of H-pyrrole nitrogens is 2. The first kappa shape index (κ1) is 22.1. The van der Waals surface area contributed by atoms with E-state index in [0.717, 1.165) is 86.2 Å². The molecule has 6 rings (SSSR count). The summed E-state index contributed by atoms with van der Waals surface area (Å²) in [5, 5.41) is 9.45. The number of aryl methyl sites for hydroxylation is 1. The molecular weight excluding hydrogens is 443 g/mol. The number of aromatic nitrogens is 3. The third-order valence-corrected chi connectivity index (χ3v) is 7.60. The number of halogens is 1. The molecule has 4 aromatic rings. The molecule has 1 amide bonds. The molecule has 0 aliphatic carbocycles. The molecule has 4 heterocycles. The average Bonchev–Trinajstić information content (AvgIpc) is 3.60. The van der Waals surface area contributed by atoms with Crippen LogP contribution in [0.5, 0.6) is 0 Å². The van der Waals surface area contributed by atoms with Crippen molar-refractivity contribution in [2.45, 2.75) is 32.2 Å². The Morgan fingerprint density at radius 3 is 2.77 bits per heavy atom. The molecule has 0 spiro atoms. The zero-order valence-electron chi connectivity index (χ0n) is 20.1. The zero-order chi connectivity index (χ0) is 23.9. The summed E-state index contributed by atoms with van der Waals surface area (Å²) in [6.45, 7) is 7.57. The normalized spacial score (nSPS) is 19.3. The van der Waals surface area contributed by atoms with Crippen LogP contribution >= 0.6 is 0 Å². The van der Waals surface area contributed by atoms with Crippen LogP contribution in [-0.4, -0.2) is 76.2 Å². The number of amides is 1. The zero-order valence-corrected chi connectivity index (χ0v) is 20.1. The van der Waals surface area contributed by atoms with E-state index < -0.39 is 0 Å². The van der Waals surface area contributed by atoms with E-state index in [9.17, 15) is 9.18 Å². The first-order valence-electron chi connectivity index (χ1n) is 12.6. The summed E-state index contributed by atoms with van der Waals surface area (Å²) < 4.78 is 13.5. The predicted molar refractivity (Wildman–Crippen MR) is 136 cm³/mol. The van der Waals surface area contributed by atoms with Gasteiger partial charge in [-0.1, -0.05) is 12.1 Å². The van der Waals surface area contributed by atoms with Crippen LogP contribution in [0.3, 0.4) is 0 Å². The maximum atomic E-state index is 13.5. The summed E-state index contributed by atoms with van der Waals surface area (Å²) in [5.41, 5.74) is 3.64. The predicted octanol–water partition coefficient (Wildman–Crippen LogP) is 4.31. The lowest BCUT2D eigenvalue weighted by Gasteiger charge is -2.36. The number of anilines is 1. The number of aromatic amines is 2. The molecular formula is C27H31FN6O. The second-order valence-corrected chi connectivity index (χ2v) is 9.92. The number of carbonyl (C=O) groups is 1. The Kier molecular flexibility index (Phi) is 5.68. The summed E-state index contributed by atoms with van der Waals surface area (Å²) in [4.78, 5) is 23.5. The number of likely N-dealkylation sites (tertiary alicyclic amines) is 1. The largest absolute Gasteiger partial charge is 0.352 e. The van der Waals surface area contributed by atoms with E-state index in [2.05, 4.69) is 55.0 Å². The monoisotopic (exact) mass is 474 g/mol. The average molecular weight is 475 g/mol. The van der Waals surface area contributed by atoms with E-state index in [1.807, 2.05) is 6.07 Å². The Morgan fingerprint density at radius 2 is 1.91 bits per heavy atom. The number of hydrogen-bond acceptors (Lipinski definition) is 4. The van der Waals surface area contributed by atoms with Gasteiger partial charge in [-0.05, 0) is 62.1 Å². The smallest absolute Gasteiger partial charge is 0.270 e. The third kappa shape index (κ3) is 4.27. The number of nitrogens with one attached hydrogen (secondary N) is 2. The van der Waals surface area contributed by atoms with Gasteiger partial charge in [-0.3, -0.25) is 14.8 Å². The van der Waals surface area contributed by atoms with Gasteiger partial charge in [-0.15, -0.1) is 0 Å². The Morgan fingerprint density at radius 1 is 1.06 bits per heavy atom. The number of fused-ring (bicyclic) bond motifs is 2. The summed E-state index contributed by atoms with van der Waals surface area (Å²) in [6.07, 6.45) is 3.13. The van der Waals surface area contributed by atoms with E-state index in [-0.39, 0.29) is 11.7 Å². The standard InChI is InChI=1S/C27H31FN6O/c1-18-4-5-19-16-25(29-23(19)15-18)27(35)34-9-2-3-21(34)8-10-32-11-13-33(14-12-32)26-22-7-6-20(28)17-24(22)30-31-26/h4-7,15-17,21,29H,2-3,8-14H2,1H3,(H,30,31)/t21-/m0/s1. The molecule has 2 fully saturated rings. The van der Waals surface area contributed by atoms with Crippen LogP contribution in [-0.2, 0) is 0 Å². The quantitative estimate of drug-likeness (QED) is 0.452. The summed E-state index contributed by atoms with van der Waals surface area (Å²) >= 11 is 0. The van der Waals surface area contributed by atoms with Crippen LogP contribution in [0, 0.1) is 12.7 Å². The van der Waals surface area contributed by atoms with E-state index >= 15 is 0 Å². The fourth-order valence-electron chi connectivity index (χ4n) is 5.65. The Labute approximate surface area is 203 Å². The van der Waals surface area contributed by atoms with Crippen molar-refractivity contribution in [3.63, 3.8) is 0 Å². The number of hydrogen-bond donors (Lipinski definition) is 2. The lowest BCUT2D eigenvalue weighted by atomic mass is 10.1. The van der Waals surface area contributed by atoms with Crippen molar-refractivity contribution >= 4 is 33.5 Å². The highest BCUT2D eigenvalue weighted by molar-refractivity contribution is 5.98. The fraction of sp³-hybridized carbons (Fsp3) is 0.407. The van der Waals surface area contributed by atoms with Gasteiger partial charge in [0, 0.05) is 61.6 Å². The van der Waals surface area contributed by atoms with Crippen LogP contribution < -0.4 is 4.90 Å². The number of piperazine rings is 1. The van der Waals surface area contributed by atoms with Crippen molar-refractivity contribution in [3.8, 4) is 0 Å². The van der Waals surface area contributed by atoms with Gasteiger partial charge in [-0.2, -0.15) is 5.10 Å². The number of nitrogens with zero attached hydrogens (tertiary/aromatic N) is 4. The minimum atomic E-state index is -0.253. The second kappa shape index (κ2) is 9.00. The molecule has 2 aromatic carbocycles. The van der Waals surface area contributed by atoms with Crippen molar-refractivity contribution in [1.82, 2.24) is 25.0 Å². The molecule has 0 bridgehead atoms. The number of carbonyl (C=O) groups excluding carboxylic acids is 1. The molecule has 182 valence electrons. The minimum Gasteiger partial charge on any atom is -0.352 e.